The molecule has 0 aliphatic carbocycles. The second-order valence-corrected chi connectivity index (χ2v) is 8.88. The zero-order valence-electron chi connectivity index (χ0n) is 17.8. The summed E-state index contributed by atoms with van der Waals surface area (Å²) in [4.78, 5) is 14.7. The van der Waals surface area contributed by atoms with Crippen LogP contribution in [0.5, 0.6) is 17.2 Å². The van der Waals surface area contributed by atoms with Crippen LogP contribution in [0.4, 0.5) is 0 Å². The molecule has 1 saturated heterocycles. The fourth-order valence-electron chi connectivity index (χ4n) is 3.45. The Hall–Kier alpha value is -2.78. The number of methoxy groups -OCH3 is 2. The maximum Gasteiger partial charge on any atom is 0.257 e. The number of hydrogen-bond donors (Lipinski definition) is 1. The molecule has 1 aliphatic rings. The first-order valence-electron chi connectivity index (χ1n) is 10.2. The van der Waals surface area contributed by atoms with E-state index in [0.717, 1.165) is 19.3 Å². The largest absolute Gasteiger partial charge is 0.496 e. The van der Waals surface area contributed by atoms with E-state index in [1.54, 1.807) is 23.1 Å². The number of benzene rings is 2. The fraction of sp³-hybridized carbons (Fsp3) is 0.409. The molecule has 0 bridgehead atoms. The molecule has 168 valence electrons. The minimum atomic E-state index is -3.83. The lowest BCUT2D eigenvalue weighted by atomic mass is 10.1. The van der Waals surface area contributed by atoms with Gasteiger partial charge in [0.05, 0.1) is 24.7 Å². The van der Waals surface area contributed by atoms with Gasteiger partial charge in [0.25, 0.3) is 5.91 Å². The third kappa shape index (κ3) is 5.68. The van der Waals surface area contributed by atoms with Gasteiger partial charge in [0.2, 0.25) is 10.0 Å². The van der Waals surface area contributed by atoms with Gasteiger partial charge < -0.3 is 19.1 Å². The van der Waals surface area contributed by atoms with Crippen molar-refractivity contribution < 1.29 is 27.4 Å². The Kier molecular flexibility index (Phi) is 7.75. The molecule has 31 heavy (non-hydrogen) atoms. The summed E-state index contributed by atoms with van der Waals surface area (Å²) < 4.78 is 44.1. The van der Waals surface area contributed by atoms with Crippen molar-refractivity contribution in [3.63, 3.8) is 0 Å². The average molecular weight is 449 g/mol. The zero-order chi connectivity index (χ0) is 22.3. The molecule has 0 atom stereocenters. The molecule has 1 fully saturated rings. The number of nitrogens with zero attached hydrogens (tertiary/aromatic N) is 1. The van der Waals surface area contributed by atoms with Gasteiger partial charge in [-0.15, -0.1) is 0 Å². The molecular weight excluding hydrogens is 420 g/mol. The van der Waals surface area contributed by atoms with E-state index in [9.17, 15) is 13.2 Å². The number of likely N-dealkylation sites (tertiary alicyclic amines) is 1. The molecule has 9 heteroatoms. The molecule has 3 rings (SSSR count). The molecule has 8 nitrogen and oxygen atoms in total. The molecule has 1 aliphatic heterocycles. The van der Waals surface area contributed by atoms with E-state index in [1.807, 2.05) is 6.07 Å². The van der Waals surface area contributed by atoms with E-state index in [4.69, 9.17) is 14.2 Å². The highest BCUT2D eigenvalue weighted by Crippen LogP contribution is 2.26. The van der Waals surface area contributed by atoms with Crippen LogP contribution in [0.25, 0.3) is 0 Å². The molecule has 0 aromatic heterocycles. The van der Waals surface area contributed by atoms with Crippen molar-refractivity contribution in [1.82, 2.24) is 9.62 Å². The number of para-hydroxylation sites is 2. The Morgan fingerprint density at radius 1 is 0.968 bits per heavy atom. The molecule has 2 aromatic rings. The number of carbonyl (C=O) groups excluding carboxylic acids is 1. The Bertz CT molecular complexity index is 1000. The number of sulfonamides is 1. The first kappa shape index (κ1) is 22.9. The smallest absolute Gasteiger partial charge is 0.257 e. The molecule has 2 aromatic carbocycles. The Morgan fingerprint density at radius 2 is 1.65 bits per heavy atom. The molecule has 0 unspecified atom stereocenters. The van der Waals surface area contributed by atoms with E-state index in [-0.39, 0.29) is 29.5 Å². The second kappa shape index (κ2) is 10.5. The molecule has 1 N–H and O–H groups in total. The number of piperidine rings is 1. The van der Waals surface area contributed by atoms with Crippen LogP contribution in [0.3, 0.4) is 0 Å². The third-order valence-corrected chi connectivity index (χ3v) is 6.53. The molecule has 0 radical (unpaired) electrons. The second-order valence-electron chi connectivity index (χ2n) is 7.11. The minimum Gasteiger partial charge on any atom is -0.496 e. The van der Waals surface area contributed by atoms with Crippen LogP contribution < -0.4 is 18.9 Å². The van der Waals surface area contributed by atoms with Gasteiger partial charge in [0.1, 0.15) is 12.4 Å². The van der Waals surface area contributed by atoms with Crippen molar-refractivity contribution in [2.45, 2.75) is 24.2 Å². The highest BCUT2D eigenvalue weighted by molar-refractivity contribution is 7.89. The lowest BCUT2D eigenvalue weighted by molar-refractivity contribution is 0.0720. The maximum absolute atomic E-state index is 12.9. The lowest BCUT2D eigenvalue weighted by Crippen LogP contribution is -2.36. The normalized spacial score (nSPS) is 14.2. The van der Waals surface area contributed by atoms with Gasteiger partial charge in [-0.2, -0.15) is 0 Å². The van der Waals surface area contributed by atoms with Crippen molar-refractivity contribution in [2.75, 3.05) is 40.5 Å². The molecule has 1 heterocycles. The Labute approximate surface area is 183 Å². The summed E-state index contributed by atoms with van der Waals surface area (Å²) >= 11 is 0. The van der Waals surface area contributed by atoms with Gasteiger partial charge in [-0.25, -0.2) is 13.1 Å². The van der Waals surface area contributed by atoms with Crippen molar-refractivity contribution in [3.05, 3.63) is 48.0 Å². The monoisotopic (exact) mass is 448 g/mol. The maximum atomic E-state index is 12.9. The van der Waals surface area contributed by atoms with Crippen molar-refractivity contribution in [3.8, 4) is 17.2 Å². The summed E-state index contributed by atoms with van der Waals surface area (Å²) in [6.07, 6.45) is 2.98. The number of carbonyl (C=O) groups is 1. The number of amides is 1. The van der Waals surface area contributed by atoms with E-state index in [0.29, 0.717) is 30.3 Å². The summed E-state index contributed by atoms with van der Waals surface area (Å²) in [5.41, 5.74) is 0.248. The summed E-state index contributed by atoms with van der Waals surface area (Å²) in [5, 5.41) is 0. The highest BCUT2D eigenvalue weighted by atomic mass is 32.2. The van der Waals surface area contributed by atoms with Gasteiger partial charge in [0.15, 0.2) is 11.5 Å². The van der Waals surface area contributed by atoms with Crippen LogP contribution in [-0.2, 0) is 10.0 Å². The number of ether oxygens (including phenoxy) is 3. The number of rotatable bonds is 9. The van der Waals surface area contributed by atoms with Crippen molar-refractivity contribution in [1.29, 1.82) is 0 Å². The van der Waals surface area contributed by atoms with Gasteiger partial charge in [0, 0.05) is 19.6 Å². The SMILES string of the molecule is COc1ccccc1OCCNS(=O)(=O)c1ccc(OC)c(C(=O)N2CCCCC2)c1. The summed E-state index contributed by atoms with van der Waals surface area (Å²) in [6.45, 7) is 1.51. The Morgan fingerprint density at radius 3 is 2.32 bits per heavy atom. The highest BCUT2D eigenvalue weighted by Gasteiger charge is 2.24. The summed E-state index contributed by atoms with van der Waals surface area (Å²) in [7, 11) is -0.828. The van der Waals surface area contributed by atoms with Gasteiger partial charge >= 0.3 is 0 Å². The van der Waals surface area contributed by atoms with Crippen LogP contribution in [-0.4, -0.2) is 59.7 Å². The van der Waals surface area contributed by atoms with Crippen LogP contribution in [0.2, 0.25) is 0 Å². The van der Waals surface area contributed by atoms with Crippen molar-refractivity contribution in [2.24, 2.45) is 0 Å². The van der Waals surface area contributed by atoms with E-state index in [2.05, 4.69) is 4.72 Å². The van der Waals surface area contributed by atoms with Gasteiger partial charge in [-0.1, -0.05) is 12.1 Å². The molecule has 1 amide bonds. The Balaban J connectivity index is 1.68. The first-order chi connectivity index (χ1) is 15.0. The average Bonchev–Trinajstić information content (AvgIpc) is 2.81. The van der Waals surface area contributed by atoms with Crippen LogP contribution in [0.1, 0.15) is 29.6 Å². The van der Waals surface area contributed by atoms with Crippen LogP contribution >= 0.6 is 0 Å². The predicted octanol–water partition coefficient (Wildman–Crippen LogP) is 2.69. The number of hydrogen-bond acceptors (Lipinski definition) is 6. The van der Waals surface area contributed by atoms with Crippen molar-refractivity contribution >= 4 is 15.9 Å². The summed E-state index contributed by atoms with van der Waals surface area (Å²) in [5.74, 6) is 1.24. The zero-order valence-corrected chi connectivity index (χ0v) is 18.6. The first-order valence-corrected chi connectivity index (χ1v) is 11.7. The molecule has 0 saturated carbocycles. The van der Waals surface area contributed by atoms with Gasteiger partial charge in [-0.3, -0.25) is 4.79 Å². The fourth-order valence-corrected chi connectivity index (χ4v) is 4.49. The lowest BCUT2D eigenvalue weighted by Gasteiger charge is -2.27. The molecular formula is C22H28N2O6S. The summed E-state index contributed by atoms with van der Waals surface area (Å²) in [6, 6.07) is 11.4. The third-order valence-electron chi connectivity index (χ3n) is 5.08. The van der Waals surface area contributed by atoms with Gasteiger partial charge in [-0.05, 0) is 49.6 Å². The van der Waals surface area contributed by atoms with Crippen LogP contribution in [0.15, 0.2) is 47.4 Å². The van der Waals surface area contributed by atoms with Crippen LogP contribution in [0, 0.1) is 0 Å². The standard InChI is InChI=1S/C22H28N2O6S/c1-28-19-11-10-17(16-18(19)22(25)24-13-6-3-7-14-24)31(26,27)23-12-15-30-21-9-5-4-8-20(21)29-2/h4-5,8-11,16,23H,3,6-7,12-15H2,1-2H3. The molecule has 0 spiro atoms. The van der Waals surface area contributed by atoms with E-state index < -0.39 is 10.0 Å². The quantitative estimate of drug-likeness (QED) is 0.593. The van der Waals surface area contributed by atoms with E-state index in [1.165, 1.54) is 32.4 Å². The topological polar surface area (TPSA) is 94.2 Å². The minimum absolute atomic E-state index is 0.00551. The predicted molar refractivity (Wildman–Crippen MR) is 116 cm³/mol. The van der Waals surface area contributed by atoms with E-state index >= 15 is 0 Å². The number of nitrogens with one attached hydrogen (secondary N) is 1.